The molecule has 2 heterocycles. The van der Waals surface area contributed by atoms with Gasteiger partial charge in [-0.2, -0.15) is 5.10 Å². The van der Waals surface area contributed by atoms with E-state index in [0.717, 1.165) is 13.0 Å². The Kier molecular flexibility index (Phi) is 4.76. The smallest absolute Gasteiger partial charge is 0.222 e. The van der Waals surface area contributed by atoms with Crippen LogP contribution in [0, 0.1) is 0 Å². The number of nitrogens with one attached hydrogen (secondary N) is 1. The third kappa shape index (κ3) is 3.80. The number of aryl methyl sites for hydroxylation is 1. The maximum absolute atomic E-state index is 12.0. The van der Waals surface area contributed by atoms with E-state index in [1.54, 1.807) is 6.20 Å². The van der Waals surface area contributed by atoms with Gasteiger partial charge in [0.05, 0.1) is 6.04 Å². The Labute approximate surface area is 135 Å². The number of benzene rings is 1. The quantitative estimate of drug-likeness (QED) is 0.682. The molecule has 0 aliphatic carbocycles. The molecule has 0 saturated heterocycles. The zero-order valence-electron chi connectivity index (χ0n) is 13.4. The van der Waals surface area contributed by atoms with Crippen molar-refractivity contribution < 1.29 is 4.79 Å². The van der Waals surface area contributed by atoms with Gasteiger partial charge in [0.15, 0.2) is 0 Å². The molecule has 0 aliphatic heterocycles. The molecular weight excluding hydrogens is 288 g/mol. The maximum Gasteiger partial charge on any atom is 0.222 e. The largest absolute Gasteiger partial charge is 0.356 e. The number of nitrogens with zero attached hydrogens (tertiary/aromatic N) is 3. The van der Waals surface area contributed by atoms with Crippen LogP contribution in [0.25, 0.3) is 10.9 Å². The fourth-order valence-electron chi connectivity index (χ4n) is 2.79. The first-order valence-electron chi connectivity index (χ1n) is 8.04. The number of carbonyl (C=O) groups excluding carboxylic acids is 1. The van der Waals surface area contributed by atoms with Crippen LogP contribution >= 0.6 is 0 Å². The van der Waals surface area contributed by atoms with E-state index in [9.17, 15) is 4.79 Å². The lowest BCUT2D eigenvalue weighted by Crippen LogP contribution is -2.27. The molecule has 1 N–H and O–H groups in total. The van der Waals surface area contributed by atoms with Gasteiger partial charge in [0, 0.05) is 43.6 Å². The highest BCUT2D eigenvalue weighted by atomic mass is 16.1. The molecule has 1 atom stereocenters. The highest BCUT2D eigenvalue weighted by molar-refractivity contribution is 5.79. The van der Waals surface area contributed by atoms with Gasteiger partial charge in [0.1, 0.15) is 0 Å². The first-order chi connectivity index (χ1) is 11.2. The van der Waals surface area contributed by atoms with Crippen LogP contribution in [-0.2, 0) is 11.3 Å². The second kappa shape index (κ2) is 7.13. The molecule has 0 radical (unpaired) electrons. The number of amides is 1. The molecular formula is C18H22N4O. The van der Waals surface area contributed by atoms with Gasteiger partial charge < -0.3 is 9.88 Å². The van der Waals surface area contributed by atoms with Crippen molar-refractivity contribution in [3.63, 3.8) is 0 Å². The molecule has 0 bridgehead atoms. The van der Waals surface area contributed by atoms with Crippen LogP contribution in [-0.4, -0.2) is 26.8 Å². The monoisotopic (exact) mass is 310 g/mol. The summed E-state index contributed by atoms with van der Waals surface area (Å²) in [6.07, 6.45) is 7.09. The van der Waals surface area contributed by atoms with Crippen molar-refractivity contribution >= 4 is 16.8 Å². The molecule has 120 valence electrons. The molecule has 3 rings (SSSR count). The van der Waals surface area contributed by atoms with E-state index in [2.05, 4.69) is 45.4 Å². The van der Waals surface area contributed by atoms with Crippen molar-refractivity contribution in [2.45, 2.75) is 32.4 Å². The fourth-order valence-corrected chi connectivity index (χ4v) is 2.79. The Bertz CT molecular complexity index is 760. The van der Waals surface area contributed by atoms with Crippen molar-refractivity contribution in [3.05, 3.63) is 55.0 Å². The van der Waals surface area contributed by atoms with Gasteiger partial charge in [-0.25, -0.2) is 0 Å². The Morgan fingerprint density at radius 3 is 2.91 bits per heavy atom. The Morgan fingerprint density at radius 2 is 2.09 bits per heavy atom. The standard InChI is InChI=1S/C18H22N4O/c1-15(22-12-5-10-20-22)14-18(23)19-9-4-11-21-13-8-16-6-2-3-7-17(16)21/h2-3,5-8,10,12-13,15H,4,9,11,14H2,1H3,(H,19,23). The molecule has 1 aromatic carbocycles. The van der Waals surface area contributed by atoms with Crippen LogP contribution in [0.15, 0.2) is 55.0 Å². The molecule has 0 fully saturated rings. The van der Waals surface area contributed by atoms with Crippen molar-refractivity contribution in [3.8, 4) is 0 Å². The molecule has 3 aromatic rings. The van der Waals surface area contributed by atoms with Gasteiger partial charge in [0.25, 0.3) is 0 Å². The molecule has 0 aliphatic rings. The lowest BCUT2D eigenvalue weighted by atomic mass is 10.2. The number of para-hydroxylation sites is 1. The minimum absolute atomic E-state index is 0.0744. The van der Waals surface area contributed by atoms with Crippen molar-refractivity contribution in [1.82, 2.24) is 19.7 Å². The second-order valence-electron chi connectivity index (χ2n) is 5.81. The molecule has 5 heteroatoms. The van der Waals surface area contributed by atoms with Crippen LogP contribution in [0.4, 0.5) is 0 Å². The number of aromatic nitrogens is 3. The zero-order chi connectivity index (χ0) is 16.1. The van der Waals surface area contributed by atoms with E-state index in [-0.39, 0.29) is 11.9 Å². The lowest BCUT2D eigenvalue weighted by Gasteiger charge is -2.12. The van der Waals surface area contributed by atoms with E-state index >= 15 is 0 Å². The van der Waals surface area contributed by atoms with E-state index in [1.807, 2.05) is 29.9 Å². The predicted molar refractivity (Wildman–Crippen MR) is 91.1 cm³/mol. The summed E-state index contributed by atoms with van der Waals surface area (Å²) in [5.41, 5.74) is 1.24. The van der Waals surface area contributed by atoms with Gasteiger partial charge in [0.2, 0.25) is 5.91 Å². The number of rotatable bonds is 7. The molecule has 1 amide bonds. The van der Waals surface area contributed by atoms with Gasteiger partial charge in [-0.05, 0) is 36.9 Å². The highest BCUT2D eigenvalue weighted by Gasteiger charge is 2.10. The summed E-state index contributed by atoms with van der Waals surface area (Å²) in [6, 6.07) is 12.4. The van der Waals surface area contributed by atoms with Crippen LogP contribution in [0.3, 0.4) is 0 Å². The van der Waals surface area contributed by atoms with E-state index in [0.29, 0.717) is 13.0 Å². The van der Waals surface area contributed by atoms with Crippen LogP contribution in [0.1, 0.15) is 25.8 Å². The zero-order valence-corrected chi connectivity index (χ0v) is 13.4. The third-order valence-electron chi connectivity index (χ3n) is 4.04. The fraction of sp³-hybridized carbons (Fsp3) is 0.333. The SMILES string of the molecule is CC(CC(=O)NCCCn1ccc2ccccc21)n1cccn1. The number of fused-ring (bicyclic) bond motifs is 1. The van der Waals surface area contributed by atoms with Crippen molar-refractivity contribution in [1.29, 1.82) is 0 Å². The van der Waals surface area contributed by atoms with Gasteiger partial charge >= 0.3 is 0 Å². The summed E-state index contributed by atoms with van der Waals surface area (Å²) >= 11 is 0. The molecule has 23 heavy (non-hydrogen) atoms. The Balaban J connectivity index is 1.42. The lowest BCUT2D eigenvalue weighted by molar-refractivity contribution is -0.121. The van der Waals surface area contributed by atoms with Crippen molar-refractivity contribution in [2.75, 3.05) is 6.54 Å². The molecule has 2 aromatic heterocycles. The maximum atomic E-state index is 12.0. The average Bonchev–Trinajstić information content (AvgIpc) is 3.21. The van der Waals surface area contributed by atoms with Gasteiger partial charge in [-0.3, -0.25) is 9.48 Å². The normalized spacial score (nSPS) is 12.4. The number of hydrogen-bond acceptors (Lipinski definition) is 2. The topological polar surface area (TPSA) is 51.9 Å². The first kappa shape index (κ1) is 15.3. The number of carbonyl (C=O) groups is 1. The summed E-state index contributed by atoms with van der Waals surface area (Å²) < 4.78 is 4.04. The summed E-state index contributed by atoms with van der Waals surface area (Å²) in [4.78, 5) is 12.0. The average molecular weight is 310 g/mol. The molecule has 0 saturated carbocycles. The Hall–Kier alpha value is -2.56. The van der Waals surface area contributed by atoms with Gasteiger partial charge in [-0.15, -0.1) is 0 Å². The summed E-state index contributed by atoms with van der Waals surface area (Å²) in [7, 11) is 0. The van der Waals surface area contributed by atoms with Gasteiger partial charge in [-0.1, -0.05) is 18.2 Å². The minimum Gasteiger partial charge on any atom is -0.356 e. The summed E-state index contributed by atoms with van der Waals surface area (Å²) in [5.74, 6) is 0.0744. The van der Waals surface area contributed by atoms with Crippen LogP contribution in [0.5, 0.6) is 0 Å². The minimum atomic E-state index is 0.0744. The first-order valence-corrected chi connectivity index (χ1v) is 8.04. The Morgan fingerprint density at radius 1 is 1.22 bits per heavy atom. The van der Waals surface area contributed by atoms with E-state index < -0.39 is 0 Å². The highest BCUT2D eigenvalue weighted by Crippen LogP contribution is 2.15. The molecule has 0 spiro atoms. The number of hydrogen-bond donors (Lipinski definition) is 1. The molecule has 5 nitrogen and oxygen atoms in total. The van der Waals surface area contributed by atoms with Crippen LogP contribution < -0.4 is 5.32 Å². The second-order valence-corrected chi connectivity index (χ2v) is 5.81. The molecule has 1 unspecified atom stereocenters. The predicted octanol–water partition coefficient (Wildman–Crippen LogP) is 3.00. The third-order valence-corrected chi connectivity index (χ3v) is 4.04. The summed E-state index contributed by atoms with van der Waals surface area (Å²) in [5, 5.41) is 8.41. The van der Waals surface area contributed by atoms with E-state index in [4.69, 9.17) is 0 Å². The summed E-state index contributed by atoms with van der Waals surface area (Å²) in [6.45, 7) is 3.60. The van der Waals surface area contributed by atoms with E-state index in [1.165, 1.54) is 10.9 Å². The van der Waals surface area contributed by atoms with Crippen molar-refractivity contribution in [2.24, 2.45) is 0 Å². The van der Waals surface area contributed by atoms with Crippen LogP contribution in [0.2, 0.25) is 0 Å².